The second kappa shape index (κ2) is 13.0. The molecule has 0 bridgehead atoms. The van der Waals surface area contributed by atoms with Crippen molar-refractivity contribution >= 4 is 46.0 Å². The first-order valence-electron chi connectivity index (χ1n) is 14.0. The summed E-state index contributed by atoms with van der Waals surface area (Å²) in [5.74, 6) is -0.296. The zero-order chi connectivity index (χ0) is 29.9. The highest BCUT2D eigenvalue weighted by atomic mass is 35.5. The van der Waals surface area contributed by atoms with Crippen LogP contribution in [0.4, 0.5) is 9.93 Å². The number of nitrogens with zero attached hydrogens (tertiary/aromatic N) is 4. The van der Waals surface area contributed by atoms with Gasteiger partial charge in [-0.2, -0.15) is 0 Å². The summed E-state index contributed by atoms with van der Waals surface area (Å²) < 4.78 is 11.2. The van der Waals surface area contributed by atoms with Gasteiger partial charge in [0.2, 0.25) is 0 Å². The van der Waals surface area contributed by atoms with Gasteiger partial charge in [-0.05, 0) is 53.4 Å². The average molecular weight is 610 g/mol. The van der Waals surface area contributed by atoms with Gasteiger partial charge in [-0.3, -0.25) is 9.59 Å². The molecule has 226 valence electrons. The summed E-state index contributed by atoms with van der Waals surface area (Å²) in [4.78, 5) is 54.4. The number of rotatable bonds is 7. The lowest BCUT2D eigenvalue weighted by atomic mass is 10.0. The van der Waals surface area contributed by atoms with Crippen molar-refractivity contribution < 1.29 is 23.9 Å². The highest BCUT2D eigenvalue weighted by molar-refractivity contribution is 7.17. The van der Waals surface area contributed by atoms with Crippen molar-refractivity contribution in [2.24, 2.45) is 0 Å². The van der Waals surface area contributed by atoms with E-state index in [0.717, 1.165) is 10.8 Å². The van der Waals surface area contributed by atoms with E-state index in [1.165, 1.54) is 11.3 Å². The molecule has 0 unspecified atom stereocenters. The van der Waals surface area contributed by atoms with E-state index in [9.17, 15) is 14.4 Å². The van der Waals surface area contributed by atoms with E-state index in [-0.39, 0.29) is 41.9 Å². The van der Waals surface area contributed by atoms with E-state index in [2.05, 4.69) is 30.5 Å². The van der Waals surface area contributed by atoms with Gasteiger partial charge in [0.1, 0.15) is 10.5 Å². The molecule has 0 saturated carbocycles. The molecule has 4 rings (SSSR count). The number of nitrogens with one attached hydrogen (secondary N) is 3. The predicted molar refractivity (Wildman–Crippen MR) is 157 cm³/mol. The summed E-state index contributed by atoms with van der Waals surface area (Å²) in [7, 11) is 1.62. The third-order valence-corrected chi connectivity index (χ3v) is 8.75. The van der Waals surface area contributed by atoms with Crippen LogP contribution in [0.5, 0.6) is 0 Å². The van der Waals surface area contributed by atoms with Gasteiger partial charge in [0.15, 0.2) is 16.1 Å². The van der Waals surface area contributed by atoms with Gasteiger partial charge in [-0.15, -0.1) is 0 Å². The van der Waals surface area contributed by atoms with Crippen molar-refractivity contribution in [1.82, 2.24) is 30.5 Å². The van der Waals surface area contributed by atoms with E-state index in [1.807, 2.05) is 34.6 Å². The standard InChI is InChI=1S/C27H40ClN7O5S/c1-7-17-21(28)33-22(31-17)24(37)32-18-10-13-35(14-19(18)39-6)25-29-15(2)20(41-25)23(36)30-16-8-11-34(12-9-16)26(38)40-27(3,4)5/h16,18-19H,7-14H2,1-6H3,(H,30,36)(H,31,33)(H,32,37)/t18-,19+/m0/s1. The van der Waals surface area contributed by atoms with E-state index in [0.29, 0.717) is 67.6 Å². The maximum Gasteiger partial charge on any atom is 0.410 e. The number of amides is 3. The number of carbonyl (C=O) groups excluding carboxylic acids is 3. The number of methoxy groups -OCH3 is 1. The Morgan fingerprint density at radius 3 is 2.41 bits per heavy atom. The largest absolute Gasteiger partial charge is 0.444 e. The molecule has 2 fully saturated rings. The van der Waals surface area contributed by atoms with Gasteiger partial charge in [0, 0.05) is 39.3 Å². The Labute approximate surface area is 249 Å². The number of likely N-dealkylation sites (tertiary alicyclic amines) is 1. The first-order valence-corrected chi connectivity index (χ1v) is 15.2. The maximum atomic E-state index is 13.2. The fraction of sp³-hybridized carbons (Fsp3) is 0.667. The van der Waals surface area contributed by atoms with Crippen molar-refractivity contribution in [3.63, 3.8) is 0 Å². The molecule has 0 spiro atoms. The van der Waals surface area contributed by atoms with Crippen LogP contribution in [0.25, 0.3) is 0 Å². The van der Waals surface area contributed by atoms with Gasteiger partial charge < -0.3 is 34.9 Å². The summed E-state index contributed by atoms with van der Waals surface area (Å²) in [5, 5.41) is 7.18. The van der Waals surface area contributed by atoms with E-state index in [1.54, 1.807) is 12.0 Å². The van der Waals surface area contributed by atoms with Crippen LogP contribution >= 0.6 is 22.9 Å². The third-order valence-electron chi connectivity index (χ3n) is 7.22. The highest BCUT2D eigenvalue weighted by Crippen LogP contribution is 2.29. The summed E-state index contributed by atoms with van der Waals surface area (Å²) in [5.41, 5.74) is 0.850. The monoisotopic (exact) mass is 609 g/mol. The molecular formula is C27H40ClN7O5S. The molecule has 3 amide bonds. The molecule has 0 radical (unpaired) electrons. The Kier molecular flexibility index (Phi) is 9.81. The van der Waals surface area contributed by atoms with E-state index in [4.69, 9.17) is 21.1 Å². The Hall–Kier alpha value is -2.90. The second-order valence-corrected chi connectivity index (χ2v) is 12.8. The number of aromatic nitrogens is 3. The first kappa shape index (κ1) is 31.0. The number of aryl methyl sites for hydroxylation is 2. The molecule has 0 aliphatic carbocycles. The molecule has 4 heterocycles. The zero-order valence-electron chi connectivity index (χ0n) is 24.5. The van der Waals surface area contributed by atoms with Crippen LogP contribution in [0.3, 0.4) is 0 Å². The molecule has 2 aliphatic heterocycles. The van der Waals surface area contributed by atoms with E-state index < -0.39 is 5.60 Å². The first-order chi connectivity index (χ1) is 19.4. The van der Waals surface area contributed by atoms with Crippen LogP contribution in [0.2, 0.25) is 5.15 Å². The number of aromatic amines is 1. The van der Waals surface area contributed by atoms with Crippen molar-refractivity contribution in [3.05, 3.63) is 27.2 Å². The third kappa shape index (κ3) is 7.69. The van der Waals surface area contributed by atoms with Gasteiger partial charge in [0.25, 0.3) is 11.8 Å². The molecule has 14 heteroatoms. The minimum atomic E-state index is -0.538. The lowest BCUT2D eigenvalue weighted by Gasteiger charge is -2.37. The molecule has 12 nitrogen and oxygen atoms in total. The molecule has 2 atom stereocenters. The van der Waals surface area contributed by atoms with E-state index >= 15 is 0 Å². The lowest BCUT2D eigenvalue weighted by Crippen LogP contribution is -2.55. The summed E-state index contributed by atoms with van der Waals surface area (Å²) in [6.07, 6.45) is 2.01. The minimum absolute atomic E-state index is 0.0270. The predicted octanol–water partition coefficient (Wildman–Crippen LogP) is 3.54. The molecule has 2 aromatic heterocycles. The number of hydrogen-bond acceptors (Lipinski definition) is 9. The number of H-pyrrole nitrogens is 1. The minimum Gasteiger partial charge on any atom is -0.444 e. The quantitative estimate of drug-likeness (QED) is 0.433. The van der Waals surface area contributed by atoms with Crippen molar-refractivity contribution in [2.75, 3.05) is 38.2 Å². The number of piperidine rings is 2. The molecule has 2 aromatic rings. The number of anilines is 1. The van der Waals surface area contributed by atoms with Crippen LogP contribution in [0.1, 0.15) is 78.6 Å². The molecule has 0 aromatic carbocycles. The maximum absolute atomic E-state index is 13.2. The number of ether oxygens (including phenoxy) is 2. The highest BCUT2D eigenvalue weighted by Gasteiger charge is 2.34. The van der Waals surface area contributed by atoms with Crippen LogP contribution < -0.4 is 15.5 Å². The molecule has 2 saturated heterocycles. The number of imidazole rings is 1. The lowest BCUT2D eigenvalue weighted by molar-refractivity contribution is 0.0199. The Morgan fingerprint density at radius 2 is 1.80 bits per heavy atom. The molecule has 3 N–H and O–H groups in total. The number of halogens is 1. The van der Waals surface area contributed by atoms with Crippen LogP contribution in [0.15, 0.2) is 0 Å². The van der Waals surface area contributed by atoms with Crippen molar-refractivity contribution in [1.29, 1.82) is 0 Å². The van der Waals surface area contributed by atoms with Gasteiger partial charge in [0.05, 0.1) is 23.5 Å². The SMILES string of the molecule is CCc1[nH]c(C(=O)N[C@H]2CCN(c3nc(C)c(C(=O)NC4CCN(C(=O)OC(C)(C)C)CC4)s3)C[C@H]2OC)nc1Cl. The Balaban J connectivity index is 1.31. The van der Waals surface area contributed by atoms with Crippen molar-refractivity contribution in [3.8, 4) is 0 Å². The normalized spacial score (nSPS) is 20.2. The van der Waals surface area contributed by atoms with Gasteiger partial charge in [-0.25, -0.2) is 14.8 Å². The second-order valence-electron chi connectivity index (χ2n) is 11.4. The summed E-state index contributed by atoms with van der Waals surface area (Å²) in [6, 6.07) is -0.242. The smallest absolute Gasteiger partial charge is 0.410 e. The fourth-order valence-corrected chi connectivity index (χ4v) is 6.24. The molecular weight excluding hydrogens is 570 g/mol. The van der Waals surface area contributed by atoms with Crippen LogP contribution in [-0.4, -0.2) is 94.8 Å². The fourth-order valence-electron chi connectivity index (χ4n) is 4.97. The van der Waals surface area contributed by atoms with Crippen LogP contribution in [0, 0.1) is 6.92 Å². The van der Waals surface area contributed by atoms with Gasteiger partial charge >= 0.3 is 6.09 Å². The van der Waals surface area contributed by atoms with Crippen molar-refractivity contribution in [2.45, 2.75) is 84.1 Å². The van der Waals surface area contributed by atoms with Gasteiger partial charge in [-0.1, -0.05) is 29.9 Å². The summed E-state index contributed by atoms with van der Waals surface area (Å²) >= 11 is 7.45. The average Bonchev–Trinajstić information content (AvgIpc) is 3.50. The number of hydrogen-bond donors (Lipinski definition) is 3. The van der Waals surface area contributed by atoms with Crippen LogP contribution in [-0.2, 0) is 15.9 Å². The summed E-state index contributed by atoms with van der Waals surface area (Å²) in [6.45, 7) is 11.5. The molecule has 41 heavy (non-hydrogen) atoms. The number of carbonyl (C=O) groups is 3. The Morgan fingerprint density at radius 1 is 1.10 bits per heavy atom. The topological polar surface area (TPSA) is 142 Å². The Bertz CT molecular complexity index is 1250. The number of thiazole rings is 1. The zero-order valence-corrected chi connectivity index (χ0v) is 26.1. The molecule has 2 aliphatic rings.